The summed E-state index contributed by atoms with van der Waals surface area (Å²) in [5, 5.41) is 12.3. The zero-order chi connectivity index (χ0) is 19.2. The first-order valence-corrected chi connectivity index (χ1v) is 9.20. The maximum atomic E-state index is 12.5. The third-order valence-corrected chi connectivity index (χ3v) is 4.64. The monoisotopic (exact) mass is 381 g/mol. The lowest BCUT2D eigenvalue weighted by atomic mass is 10.1. The normalized spacial score (nSPS) is 10.3. The summed E-state index contributed by atoms with van der Waals surface area (Å²) in [7, 11) is 0. The number of hydrogen-bond acceptors (Lipinski definition) is 5. The van der Waals surface area contributed by atoms with E-state index < -0.39 is 0 Å². The fourth-order valence-electron chi connectivity index (χ4n) is 2.44. The molecular formula is C19H19N5O2S. The quantitative estimate of drug-likeness (QED) is 0.614. The molecule has 0 aliphatic carbocycles. The van der Waals surface area contributed by atoms with Gasteiger partial charge in [-0.05, 0) is 54.7 Å². The number of aromatic nitrogens is 2. The van der Waals surface area contributed by atoms with Gasteiger partial charge in [0.1, 0.15) is 4.88 Å². The maximum Gasteiger partial charge on any atom is 0.323 e. The van der Waals surface area contributed by atoms with Crippen LogP contribution in [0.15, 0.2) is 48.5 Å². The molecule has 8 heteroatoms. The van der Waals surface area contributed by atoms with E-state index in [1.165, 1.54) is 0 Å². The minimum Gasteiger partial charge on any atom is -0.321 e. The molecule has 1 heterocycles. The molecule has 1 aromatic heterocycles. The van der Waals surface area contributed by atoms with Gasteiger partial charge in [-0.15, -0.1) is 5.10 Å². The van der Waals surface area contributed by atoms with Gasteiger partial charge in [0.25, 0.3) is 5.91 Å². The van der Waals surface area contributed by atoms with Crippen molar-refractivity contribution in [1.82, 2.24) is 9.59 Å². The minimum absolute atomic E-state index is 0.254. The molecule has 0 unspecified atom stereocenters. The Morgan fingerprint density at radius 1 is 1.00 bits per heavy atom. The first-order chi connectivity index (χ1) is 13.1. The van der Waals surface area contributed by atoms with E-state index in [-0.39, 0.29) is 11.9 Å². The van der Waals surface area contributed by atoms with E-state index in [4.69, 9.17) is 0 Å². The molecule has 0 bridgehead atoms. The predicted molar refractivity (Wildman–Crippen MR) is 108 cm³/mol. The number of urea groups is 1. The van der Waals surface area contributed by atoms with Crippen molar-refractivity contribution in [3.8, 4) is 0 Å². The van der Waals surface area contributed by atoms with Crippen LogP contribution < -0.4 is 16.0 Å². The van der Waals surface area contributed by atoms with Crippen molar-refractivity contribution in [2.75, 3.05) is 16.0 Å². The number of carbonyl (C=O) groups excluding carboxylic acids is 2. The average Bonchev–Trinajstić information content (AvgIpc) is 3.14. The van der Waals surface area contributed by atoms with Crippen LogP contribution in [0.1, 0.15) is 27.9 Å². The van der Waals surface area contributed by atoms with Crippen LogP contribution in [0.4, 0.5) is 21.9 Å². The third-order valence-electron chi connectivity index (χ3n) is 3.87. The zero-order valence-corrected chi connectivity index (χ0v) is 15.8. The number of amides is 3. The van der Waals surface area contributed by atoms with Gasteiger partial charge in [-0.25, -0.2) is 4.79 Å². The molecule has 0 radical (unpaired) electrons. The van der Waals surface area contributed by atoms with Gasteiger partial charge in [0.05, 0.1) is 5.69 Å². The number of rotatable bonds is 5. The number of carbonyl (C=O) groups is 2. The number of anilines is 3. The number of nitrogens with zero attached hydrogens (tertiary/aromatic N) is 2. The highest BCUT2D eigenvalue weighted by molar-refractivity contribution is 7.08. The number of para-hydroxylation sites is 1. The van der Waals surface area contributed by atoms with Gasteiger partial charge >= 0.3 is 6.03 Å². The van der Waals surface area contributed by atoms with E-state index in [2.05, 4.69) is 25.5 Å². The molecule has 0 atom stereocenters. The van der Waals surface area contributed by atoms with Gasteiger partial charge in [0, 0.05) is 17.1 Å². The lowest BCUT2D eigenvalue weighted by Gasteiger charge is -2.12. The number of aryl methyl sites for hydroxylation is 2. The Hall–Kier alpha value is -3.26. The second-order valence-electron chi connectivity index (χ2n) is 5.83. The van der Waals surface area contributed by atoms with Crippen LogP contribution in [-0.4, -0.2) is 21.5 Å². The average molecular weight is 381 g/mol. The molecule has 7 nitrogen and oxygen atoms in total. The summed E-state index contributed by atoms with van der Waals surface area (Å²) in [6, 6.07) is 14.1. The van der Waals surface area contributed by atoms with E-state index in [0.29, 0.717) is 34.1 Å². The summed E-state index contributed by atoms with van der Waals surface area (Å²) >= 11 is 1.07. The molecule has 3 rings (SSSR count). The number of nitrogens with one attached hydrogen (secondary N) is 3. The lowest BCUT2D eigenvalue weighted by molar-refractivity contribution is 0.102. The summed E-state index contributed by atoms with van der Waals surface area (Å²) in [6.45, 7) is 3.81. The molecular weight excluding hydrogens is 362 g/mol. The molecule has 27 heavy (non-hydrogen) atoms. The fraction of sp³-hybridized carbons (Fsp3) is 0.158. The van der Waals surface area contributed by atoms with Crippen LogP contribution in [0.2, 0.25) is 0 Å². The van der Waals surface area contributed by atoms with Gasteiger partial charge in [0.15, 0.2) is 0 Å². The van der Waals surface area contributed by atoms with Gasteiger partial charge in [0.2, 0.25) is 0 Å². The SMILES string of the molecule is CCc1nnsc1C(=O)Nc1cc(NC(=O)Nc2ccccc2)ccc1C. The third kappa shape index (κ3) is 4.68. The van der Waals surface area contributed by atoms with Crippen molar-refractivity contribution in [3.05, 3.63) is 64.7 Å². The van der Waals surface area contributed by atoms with Crippen LogP contribution in [0.5, 0.6) is 0 Å². The highest BCUT2D eigenvalue weighted by atomic mass is 32.1. The predicted octanol–water partition coefficient (Wildman–Crippen LogP) is 4.31. The molecule has 3 aromatic rings. The van der Waals surface area contributed by atoms with Crippen molar-refractivity contribution in [3.63, 3.8) is 0 Å². The summed E-state index contributed by atoms with van der Waals surface area (Å²) < 4.78 is 3.84. The van der Waals surface area contributed by atoms with Crippen molar-refractivity contribution < 1.29 is 9.59 Å². The molecule has 0 saturated heterocycles. The Kier molecular flexibility index (Phi) is 5.77. The second-order valence-corrected chi connectivity index (χ2v) is 6.59. The number of benzene rings is 2. The van der Waals surface area contributed by atoms with Crippen molar-refractivity contribution in [2.45, 2.75) is 20.3 Å². The number of hydrogen-bond donors (Lipinski definition) is 3. The summed E-state index contributed by atoms with van der Waals surface area (Å²) in [4.78, 5) is 25.1. The molecule has 0 spiro atoms. The largest absolute Gasteiger partial charge is 0.323 e. The van der Waals surface area contributed by atoms with Crippen molar-refractivity contribution >= 4 is 40.5 Å². The van der Waals surface area contributed by atoms with E-state index in [1.807, 2.05) is 38.1 Å². The van der Waals surface area contributed by atoms with E-state index in [0.717, 1.165) is 17.1 Å². The lowest BCUT2D eigenvalue weighted by Crippen LogP contribution is -2.19. The molecule has 138 valence electrons. The Bertz CT molecular complexity index is 956. The van der Waals surface area contributed by atoms with Crippen molar-refractivity contribution in [2.24, 2.45) is 0 Å². The molecule has 0 aliphatic heterocycles. The molecule has 3 N–H and O–H groups in total. The molecule has 2 aromatic carbocycles. The van der Waals surface area contributed by atoms with Gasteiger partial charge < -0.3 is 16.0 Å². The zero-order valence-electron chi connectivity index (χ0n) is 14.9. The van der Waals surface area contributed by atoms with Crippen molar-refractivity contribution in [1.29, 1.82) is 0 Å². The van der Waals surface area contributed by atoms with E-state index >= 15 is 0 Å². The smallest absolute Gasteiger partial charge is 0.321 e. The Morgan fingerprint density at radius 2 is 1.74 bits per heavy atom. The first-order valence-electron chi connectivity index (χ1n) is 8.43. The summed E-state index contributed by atoms with van der Waals surface area (Å²) in [5.41, 5.74) is 3.44. The summed E-state index contributed by atoms with van der Waals surface area (Å²) in [5.74, 6) is -0.254. The van der Waals surface area contributed by atoms with Crippen LogP contribution in [0, 0.1) is 6.92 Å². The van der Waals surface area contributed by atoms with E-state index in [9.17, 15) is 9.59 Å². The molecule has 0 fully saturated rings. The Labute approximate surface area is 161 Å². The van der Waals surface area contributed by atoms with E-state index in [1.54, 1.807) is 24.3 Å². The van der Waals surface area contributed by atoms with Crippen LogP contribution in [-0.2, 0) is 6.42 Å². The van der Waals surface area contributed by atoms with Crippen LogP contribution in [0.3, 0.4) is 0 Å². The maximum absolute atomic E-state index is 12.5. The minimum atomic E-state index is -0.359. The van der Waals surface area contributed by atoms with Gasteiger partial charge in [-0.1, -0.05) is 35.7 Å². The van der Waals surface area contributed by atoms with Crippen LogP contribution in [0.25, 0.3) is 0 Å². The first kappa shape index (κ1) is 18.5. The molecule has 0 aliphatic rings. The van der Waals surface area contributed by atoms with Crippen LogP contribution >= 0.6 is 11.5 Å². The fourth-order valence-corrected chi connectivity index (χ4v) is 3.09. The summed E-state index contributed by atoms with van der Waals surface area (Å²) in [6.07, 6.45) is 0.638. The molecule has 0 saturated carbocycles. The highest BCUT2D eigenvalue weighted by Crippen LogP contribution is 2.22. The Balaban J connectivity index is 1.70. The highest BCUT2D eigenvalue weighted by Gasteiger charge is 2.16. The second kappa shape index (κ2) is 8.41. The standard InChI is InChI=1S/C19H19N5O2S/c1-3-15-17(27-24-23-15)18(25)22-16-11-14(10-9-12(16)2)21-19(26)20-13-7-5-4-6-8-13/h4-11H,3H2,1-2H3,(H,22,25)(H2,20,21,26). The topological polar surface area (TPSA) is 96.0 Å². The van der Waals surface area contributed by atoms with Gasteiger partial charge in [-0.2, -0.15) is 0 Å². The Morgan fingerprint density at radius 3 is 2.48 bits per heavy atom. The molecule has 3 amide bonds. The van der Waals surface area contributed by atoms with Gasteiger partial charge in [-0.3, -0.25) is 4.79 Å².